The quantitative estimate of drug-likeness (QED) is 0.866. The first kappa shape index (κ1) is 15.0. The topological polar surface area (TPSA) is 99.6 Å². The minimum atomic E-state index is -1.12. The summed E-state index contributed by atoms with van der Waals surface area (Å²) in [7, 11) is 0. The molecule has 7 heteroatoms. The molecule has 0 aliphatic carbocycles. The molecule has 1 saturated heterocycles. The van der Waals surface area contributed by atoms with Gasteiger partial charge in [-0.05, 0) is 25.0 Å². The van der Waals surface area contributed by atoms with Crippen molar-refractivity contribution in [2.75, 3.05) is 18.4 Å². The van der Waals surface area contributed by atoms with E-state index in [1.807, 2.05) is 0 Å². The van der Waals surface area contributed by atoms with Crippen molar-refractivity contribution in [3.8, 4) is 0 Å². The van der Waals surface area contributed by atoms with Crippen molar-refractivity contribution >= 4 is 23.5 Å². The fraction of sp³-hybridized carbons (Fsp3) is 0.429. The fourth-order valence-electron chi connectivity index (χ4n) is 2.17. The molecular formula is C14H17N3O4. The van der Waals surface area contributed by atoms with E-state index in [1.54, 1.807) is 4.90 Å². The molecule has 0 unspecified atom stereocenters. The summed E-state index contributed by atoms with van der Waals surface area (Å²) in [5.74, 6) is -1.43. The molecule has 2 heterocycles. The van der Waals surface area contributed by atoms with E-state index in [-0.39, 0.29) is 24.1 Å². The molecule has 2 N–H and O–H groups in total. The van der Waals surface area contributed by atoms with Crippen LogP contribution in [-0.4, -0.2) is 45.9 Å². The lowest BCUT2D eigenvalue weighted by molar-refractivity contribution is -0.134. The second-order valence-corrected chi connectivity index (χ2v) is 4.91. The second kappa shape index (κ2) is 6.83. The number of carboxylic acid groups (broad SMARTS) is 1. The zero-order valence-electron chi connectivity index (χ0n) is 11.5. The van der Waals surface area contributed by atoms with Gasteiger partial charge in [0.2, 0.25) is 11.8 Å². The highest BCUT2D eigenvalue weighted by atomic mass is 16.4. The Morgan fingerprint density at radius 1 is 1.29 bits per heavy atom. The van der Waals surface area contributed by atoms with Crippen LogP contribution in [0.1, 0.15) is 36.2 Å². The normalized spacial score (nSPS) is 15.4. The van der Waals surface area contributed by atoms with Crippen molar-refractivity contribution in [3.63, 3.8) is 0 Å². The number of rotatable bonds is 4. The Bertz CT molecular complexity index is 542. The van der Waals surface area contributed by atoms with E-state index in [9.17, 15) is 14.4 Å². The highest BCUT2D eigenvalue weighted by molar-refractivity contribution is 5.94. The molecule has 1 fully saturated rings. The van der Waals surface area contributed by atoms with Gasteiger partial charge in [-0.1, -0.05) is 6.42 Å². The number of nitrogens with one attached hydrogen (secondary N) is 1. The summed E-state index contributed by atoms with van der Waals surface area (Å²) >= 11 is 0. The average Bonchev–Trinajstić information content (AvgIpc) is 2.65. The Morgan fingerprint density at radius 3 is 2.76 bits per heavy atom. The van der Waals surface area contributed by atoms with Gasteiger partial charge in [-0.25, -0.2) is 9.78 Å². The van der Waals surface area contributed by atoms with Crippen molar-refractivity contribution < 1.29 is 19.5 Å². The smallest absolute Gasteiger partial charge is 0.354 e. The number of hydrogen-bond acceptors (Lipinski definition) is 4. The predicted octanol–water partition coefficient (Wildman–Crippen LogP) is 1.12. The summed E-state index contributed by atoms with van der Waals surface area (Å²) in [4.78, 5) is 39.6. The molecule has 7 nitrogen and oxygen atoms in total. The zero-order valence-corrected chi connectivity index (χ0v) is 11.5. The van der Waals surface area contributed by atoms with Crippen LogP contribution in [0.25, 0.3) is 0 Å². The van der Waals surface area contributed by atoms with Gasteiger partial charge in [0.15, 0.2) is 0 Å². The Labute approximate surface area is 122 Å². The van der Waals surface area contributed by atoms with Crippen LogP contribution in [0.4, 0.5) is 5.69 Å². The van der Waals surface area contributed by atoms with Crippen LogP contribution in [0.3, 0.4) is 0 Å². The van der Waals surface area contributed by atoms with Crippen LogP contribution < -0.4 is 5.32 Å². The minimum Gasteiger partial charge on any atom is -0.477 e. The van der Waals surface area contributed by atoms with Crippen LogP contribution in [0.5, 0.6) is 0 Å². The molecular weight excluding hydrogens is 274 g/mol. The molecule has 21 heavy (non-hydrogen) atoms. The highest BCUT2D eigenvalue weighted by Crippen LogP contribution is 2.11. The molecule has 0 aromatic carbocycles. The lowest BCUT2D eigenvalue weighted by Crippen LogP contribution is -2.37. The van der Waals surface area contributed by atoms with Crippen molar-refractivity contribution in [2.45, 2.75) is 25.7 Å². The van der Waals surface area contributed by atoms with Gasteiger partial charge in [0.1, 0.15) is 5.69 Å². The number of hydrogen-bond donors (Lipinski definition) is 2. The number of aromatic carboxylic acids is 1. The summed E-state index contributed by atoms with van der Waals surface area (Å²) in [6.07, 6.45) is 4.56. The number of carboxylic acids is 1. The Morgan fingerprint density at radius 2 is 2.10 bits per heavy atom. The predicted molar refractivity (Wildman–Crippen MR) is 74.9 cm³/mol. The first-order valence-electron chi connectivity index (χ1n) is 6.83. The van der Waals surface area contributed by atoms with Gasteiger partial charge in [0.25, 0.3) is 0 Å². The first-order chi connectivity index (χ1) is 10.1. The van der Waals surface area contributed by atoms with E-state index in [0.29, 0.717) is 18.7 Å². The van der Waals surface area contributed by atoms with Gasteiger partial charge in [-0.2, -0.15) is 0 Å². The summed E-state index contributed by atoms with van der Waals surface area (Å²) in [6, 6.07) is 2.79. The van der Waals surface area contributed by atoms with Crippen LogP contribution >= 0.6 is 0 Å². The first-order valence-corrected chi connectivity index (χ1v) is 6.83. The number of carbonyl (C=O) groups excluding carboxylic acids is 2. The van der Waals surface area contributed by atoms with Crippen molar-refractivity contribution in [1.82, 2.24) is 9.88 Å². The number of nitrogens with zero attached hydrogens (tertiary/aromatic N) is 2. The molecule has 2 amide bonds. The molecule has 0 atom stereocenters. The van der Waals surface area contributed by atoms with Gasteiger partial charge in [-0.3, -0.25) is 9.59 Å². The maximum absolute atomic E-state index is 11.9. The molecule has 0 bridgehead atoms. The largest absolute Gasteiger partial charge is 0.477 e. The van der Waals surface area contributed by atoms with Gasteiger partial charge in [0, 0.05) is 13.0 Å². The molecule has 1 aliphatic heterocycles. The highest BCUT2D eigenvalue weighted by Gasteiger charge is 2.19. The molecule has 1 aromatic heterocycles. The molecule has 112 valence electrons. The molecule has 0 radical (unpaired) electrons. The standard InChI is InChI=1S/C14H17N3O4/c18-12(9-17-7-3-1-2-4-13(17)19)16-10-5-6-11(14(20)21)15-8-10/h5-6,8H,1-4,7,9H2,(H,16,18)(H,20,21). The number of anilines is 1. The molecule has 1 aromatic rings. The average molecular weight is 291 g/mol. The third-order valence-corrected chi connectivity index (χ3v) is 3.27. The van der Waals surface area contributed by atoms with E-state index < -0.39 is 5.97 Å². The molecule has 2 rings (SSSR count). The maximum atomic E-state index is 11.9. The van der Waals surface area contributed by atoms with E-state index >= 15 is 0 Å². The number of carbonyl (C=O) groups is 3. The van der Waals surface area contributed by atoms with Crippen LogP contribution in [0.15, 0.2) is 18.3 Å². The van der Waals surface area contributed by atoms with Crippen LogP contribution in [-0.2, 0) is 9.59 Å². The van der Waals surface area contributed by atoms with Gasteiger partial charge < -0.3 is 15.3 Å². The molecule has 0 spiro atoms. The van der Waals surface area contributed by atoms with Crippen LogP contribution in [0, 0.1) is 0 Å². The second-order valence-electron chi connectivity index (χ2n) is 4.91. The van der Waals surface area contributed by atoms with Crippen molar-refractivity contribution in [2.24, 2.45) is 0 Å². The SMILES string of the molecule is O=C(CN1CCCCCC1=O)Nc1ccc(C(=O)O)nc1. The van der Waals surface area contributed by atoms with E-state index in [0.717, 1.165) is 19.3 Å². The summed E-state index contributed by atoms with van der Waals surface area (Å²) in [5.41, 5.74) is 0.322. The number of likely N-dealkylation sites (tertiary alicyclic amines) is 1. The zero-order chi connectivity index (χ0) is 15.2. The third kappa shape index (κ3) is 4.27. The number of amides is 2. The van der Waals surface area contributed by atoms with Crippen molar-refractivity contribution in [3.05, 3.63) is 24.0 Å². The fourth-order valence-corrected chi connectivity index (χ4v) is 2.17. The number of pyridine rings is 1. The van der Waals surface area contributed by atoms with Crippen LogP contribution in [0.2, 0.25) is 0 Å². The van der Waals surface area contributed by atoms with Gasteiger partial charge in [0.05, 0.1) is 18.4 Å². The Kier molecular flexibility index (Phi) is 4.86. The number of aromatic nitrogens is 1. The molecule has 0 saturated carbocycles. The summed E-state index contributed by atoms with van der Waals surface area (Å²) in [5, 5.41) is 11.3. The van der Waals surface area contributed by atoms with E-state index in [1.165, 1.54) is 18.3 Å². The monoisotopic (exact) mass is 291 g/mol. The lowest BCUT2D eigenvalue weighted by Gasteiger charge is -2.19. The third-order valence-electron chi connectivity index (χ3n) is 3.27. The summed E-state index contributed by atoms with van der Waals surface area (Å²) < 4.78 is 0. The Hall–Kier alpha value is -2.44. The van der Waals surface area contributed by atoms with Gasteiger partial charge in [-0.15, -0.1) is 0 Å². The molecule has 1 aliphatic rings. The lowest BCUT2D eigenvalue weighted by atomic mass is 10.2. The van der Waals surface area contributed by atoms with Crippen molar-refractivity contribution in [1.29, 1.82) is 0 Å². The minimum absolute atomic E-state index is 0.00185. The van der Waals surface area contributed by atoms with E-state index in [4.69, 9.17) is 5.11 Å². The van der Waals surface area contributed by atoms with Gasteiger partial charge >= 0.3 is 5.97 Å². The Balaban J connectivity index is 1.91. The maximum Gasteiger partial charge on any atom is 0.354 e. The summed E-state index contributed by atoms with van der Waals surface area (Å²) in [6.45, 7) is 0.613. The van der Waals surface area contributed by atoms with E-state index in [2.05, 4.69) is 10.3 Å².